The van der Waals surface area contributed by atoms with Crippen molar-refractivity contribution in [3.63, 3.8) is 0 Å². The largest absolute Gasteiger partial charge is 0.496 e. The van der Waals surface area contributed by atoms with E-state index in [2.05, 4.69) is 20.2 Å². The summed E-state index contributed by atoms with van der Waals surface area (Å²) in [6.07, 6.45) is 3.36. The first-order chi connectivity index (χ1) is 10.2. The third-order valence-electron chi connectivity index (χ3n) is 3.28. The molecule has 0 atom stereocenters. The Morgan fingerprint density at radius 2 is 1.95 bits per heavy atom. The molecule has 0 saturated carbocycles. The number of aromatic nitrogens is 4. The lowest BCUT2D eigenvalue weighted by molar-refractivity contribution is 0.412. The second-order valence-electron chi connectivity index (χ2n) is 4.62. The number of aromatic amines is 1. The number of hydrogen-bond donors (Lipinski definition) is 2. The van der Waals surface area contributed by atoms with Crippen LogP contribution >= 0.6 is 0 Å². The minimum Gasteiger partial charge on any atom is -0.496 e. The molecule has 0 bridgehead atoms. The average molecular weight is 281 g/mol. The SMILES string of the molecule is COc1cc(-c2c(N)n[nH]c2-c2ncccn2)ccc1C. The van der Waals surface area contributed by atoms with Crippen LogP contribution in [0.4, 0.5) is 5.82 Å². The Morgan fingerprint density at radius 1 is 1.19 bits per heavy atom. The highest BCUT2D eigenvalue weighted by atomic mass is 16.5. The number of nitrogens with zero attached hydrogens (tertiary/aromatic N) is 3. The van der Waals surface area contributed by atoms with Crippen LogP contribution in [0.3, 0.4) is 0 Å². The average Bonchev–Trinajstić information content (AvgIpc) is 2.90. The molecule has 0 aliphatic rings. The van der Waals surface area contributed by atoms with Crippen molar-refractivity contribution in [2.24, 2.45) is 0 Å². The standard InChI is InChI=1S/C15H15N5O/c1-9-4-5-10(8-11(9)21-2)12-13(19-20-14(12)16)15-17-6-3-7-18-15/h3-8H,1-2H3,(H3,16,19,20). The molecule has 0 unspecified atom stereocenters. The van der Waals surface area contributed by atoms with Gasteiger partial charge in [-0.15, -0.1) is 0 Å². The van der Waals surface area contributed by atoms with Crippen molar-refractivity contribution in [2.45, 2.75) is 6.92 Å². The topological polar surface area (TPSA) is 89.7 Å². The second kappa shape index (κ2) is 5.24. The molecular weight excluding hydrogens is 266 g/mol. The molecule has 106 valence electrons. The van der Waals surface area contributed by atoms with Gasteiger partial charge in [0.15, 0.2) is 11.6 Å². The van der Waals surface area contributed by atoms with Gasteiger partial charge in [0.25, 0.3) is 0 Å². The molecule has 6 heteroatoms. The first-order valence-corrected chi connectivity index (χ1v) is 6.47. The van der Waals surface area contributed by atoms with Gasteiger partial charge >= 0.3 is 0 Å². The van der Waals surface area contributed by atoms with Crippen LogP contribution in [-0.2, 0) is 0 Å². The van der Waals surface area contributed by atoms with Crippen LogP contribution in [-0.4, -0.2) is 27.3 Å². The number of methoxy groups -OCH3 is 1. The van der Waals surface area contributed by atoms with Crippen LogP contribution in [0.15, 0.2) is 36.7 Å². The smallest absolute Gasteiger partial charge is 0.178 e. The molecule has 0 aliphatic heterocycles. The van der Waals surface area contributed by atoms with Crippen molar-refractivity contribution in [3.8, 4) is 28.4 Å². The summed E-state index contributed by atoms with van der Waals surface area (Å²) in [4.78, 5) is 8.48. The lowest BCUT2D eigenvalue weighted by Crippen LogP contribution is -1.93. The fraction of sp³-hybridized carbons (Fsp3) is 0.133. The molecule has 0 fully saturated rings. The van der Waals surface area contributed by atoms with E-state index in [1.54, 1.807) is 25.6 Å². The van der Waals surface area contributed by atoms with Gasteiger partial charge in [-0.25, -0.2) is 9.97 Å². The van der Waals surface area contributed by atoms with Crippen molar-refractivity contribution in [1.82, 2.24) is 20.2 Å². The van der Waals surface area contributed by atoms with E-state index in [0.717, 1.165) is 22.4 Å². The van der Waals surface area contributed by atoms with Crippen LogP contribution in [0.25, 0.3) is 22.6 Å². The maximum Gasteiger partial charge on any atom is 0.178 e. The van der Waals surface area contributed by atoms with Gasteiger partial charge in [-0.2, -0.15) is 5.10 Å². The predicted molar refractivity (Wildman–Crippen MR) is 80.8 cm³/mol. The summed E-state index contributed by atoms with van der Waals surface area (Å²) in [5.74, 6) is 1.76. The molecule has 3 aromatic rings. The van der Waals surface area contributed by atoms with Crippen molar-refractivity contribution in [1.29, 1.82) is 0 Å². The van der Waals surface area contributed by atoms with Crippen LogP contribution < -0.4 is 10.5 Å². The lowest BCUT2D eigenvalue weighted by Gasteiger charge is -2.08. The number of nitrogens with two attached hydrogens (primary N) is 1. The highest BCUT2D eigenvalue weighted by molar-refractivity contribution is 5.86. The Kier molecular flexibility index (Phi) is 3.27. The summed E-state index contributed by atoms with van der Waals surface area (Å²) in [6, 6.07) is 7.66. The number of benzene rings is 1. The highest BCUT2D eigenvalue weighted by Gasteiger charge is 2.17. The van der Waals surface area contributed by atoms with Gasteiger partial charge in [-0.1, -0.05) is 12.1 Å². The Bertz CT molecular complexity index is 767. The van der Waals surface area contributed by atoms with Crippen LogP contribution in [0.2, 0.25) is 0 Å². The van der Waals surface area contributed by atoms with Crippen molar-refractivity contribution in [3.05, 3.63) is 42.2 Å². The molecular formula is C15H15N5O. The Labute approximate surface area is 122 Å². The molecule has 6 nitrogen and oxygen atoms in total. The van der Waals surface area contributed by atoms with E-state index >= 15 is 0 Å². The third-order valence-corrected chi connectivity index (χ3v) is 3.28. The molecule has 0 radical (unpaired) electrons. The summed E-state index contributed by atoms with van der Waals surface area (Å²) in [7, 11) is 1.64. The summed E-state index contributed by atoms with van der Waals surface area (Å²) in [5.41, 5.74) is 9.44. The molecule has 2 aromatic heterocycles. The summed E-state index contributed by atoms with van der Waals surface area (Å²) >= 11 is 0. The first-order valence-electron chi connectivity index (χ1n) is 6.47. The monoisotopic (exact) mass is 281 g/mol. The minimum atomic E-state index is 0.406. The van der Waals surface area contributed by atoms with Gasteiger partial charge in [0.05, 0.1) is 12.7 Å². The van der Waals surface area contributed by atoms with Gasteiger partial charge in [0.1, 0.15) is 11.4 Å². The minimum absolute atomic E-state index is 0.406. The number of rotatable bonds is 3. The fourth-order valence-corrected chi connectivity index (χ4v) is 2.21. The lowest BCUT2D eigenvalue weighted by atomic mass is 10.0. The zero-order valence-electron chi connectivity index (χ0n) is 11.8. The van der Waals surface area contributed by atoms with E-state index in [-0.39, 0.29) is 0 Å². The Balaban J connectivity index is 2.17. The van der Waals surface area contributed by atoms with E-state index in [9.17, 15) is 0 Å². The van der Waals surface area contributed by atoms with E-state index in [1.807, 2.05) is 25.1 Å². The summed E-state index contributed by atoms with van der Waals surface area (Å²) in [5, 5.41) is 6.98. The number of nitrogens with one attached hydrogen (secondary N) is 1. The van der Waals surface area contributed by atoms with Crippen LogP contribution in [0.5, 0.6) is 5.75 Å². The molecule has 0 spiro atoms. The Morgan fingerprint density at radius 3 is 2.67 bits per heavy atom. The number of H-pyrrole nitrogens is 1. The molecule has 3 rings (SSSR count). The van der Waals surface area contributed by atoms with Gasteiger partial charge < -0.3 is 10.5 Å². The van der Waals surface area contributed by atoms with Crippen molar-refractivity contribution >= 4 is 5.82 Å². The van der Waals surface area contributed by atoms with Crippen molar-refractivity contribution < 1.29 is 4.74 Å². The number of aryl methyl sites for hydroxylation is 1. The second-order valence-corrected chi connectivity index (χ2v) is 4.62. The number of ether oxygens (including phenoxy) is 1. The molecule has 0 saturated heterocycles. The number of anilines is 1. The van der Waals surface area contributed by atoms with E-state index in [4.69, 9.17) is 10.5 Å². The molecule has 1 aromatic carbocycles. The number of nitrogen functional groups attached to an aromatic ring is 1. The quantitative estimate of drug-likeness (QED) is 0.769. The van der Waals surface area contributed by atoms with Crippen LogP contribution in [0.1, 0.15) is 5.56 Å². The van der Waals surface area contributed by atoms with E-state index < -0.39 is 0 Å². The molecule has 2 heterocycles. The first kappa shape index (κ1) is 13.1. The number of hydrogen-bond acceptors (Lipinski definition) is 5. The maximum atomic E-state index is 6.00. The van der Waals surface area contributed by atoms with E-state index in [1.165, 1.54) is 0 Å². The molecule has 21 heavy (non-hydrogen) atoms. The third kappa shape index (κ3) is 2.31. The maximum absolute atomic E-state index is 6.00. The Hall–Kier alpha value is -2.89. The van der Waals surface area contributed by atoms with E-state index in [0.29, 0.717) is 17.3 Å². The zero-order chi connectivity index (χ0) is 14.8. The van der Waals surface area contributed by atoms with Gasteiger partial charge in [-0.3, -0.25) is 5.10 Å². The predicted octanol–water partition coefficient (Wildman–Crippen LogP) is 2.43. The van der Waals surface area contributed by atoms with Crippen molar-refractivity contribution in [2.75, 3.05) is 12.8 Å². The molecule has 0 aliphatic carbocycles. The van der Waals surface area contributed by atoms with Gasteiger partial charge in [0, 0.05) is 12.4 Å². The summed E-state index contributed by atoms with van der Waals surface area (Å²) < 4.78 is 5.37. The van der Waals surface area contributed by atoms with Gasteiger partial charge in [-0.05, 0) is 30.2 Å². The fourth-order valence-electron chi connectivity index (χ4n) is 2.21. The summed E-state index contributed by atoms with van der Waals surface area (Å²) in [6.45, 7) is 1.99. The molecule has 0 amide bonds. The highest BCUT2D eigenvalue weighted by Crippen LogP contribution is 2.35. The normalized spacial score (nSPS) is 10.6. The van der Waals surface area contributed by atoms with Gasteiger partial charge in [0.2, 0.25) is 0 Å². The molecule has 3 N–H and O–H groups in total. The van der Waals surface area contributed by atoms with Crippen LogP contribution in [0, 0.1) is 6.92 Å². The zero-order valence-corrected chi connectivity index (χ0v) is 11.8.